The number of aromatic nitrogens is 3. The zero-order valence-electron chi connectivity index (χ0n) is 11.3. The van der Waals surface area contributed by atoms with E-state index in [0.717, 1.165) is 11.3 Å². The van der Waals surface area contributed by atoms with Gasteiger partial charge in [-0.05, 0) is 12.0 Å². The third kappa shape index (κ3) is 4.12. The predicted molar refractivity (Wildman–Crippen MR) is 74.8 cm³/mol. The molecule has 0 amide bonds. The summed E-state index contributed by atoms with van der Waals surface area (Å²) < 4.78 is 1.71. The fourth-order valence-corrected chi connectivity index (χ4v) is 1.96. The van der Waals surface area contributed by atoms with Gasteiger partial charge in [-0.15, -0.1) is 5.10 Å². The topological polar surface area (TPSA) is 83.2 Å². The molecule has 0 radical (unpaired) electrons. The Balaban J connectivity index is 1.88. The van der Waals surface area contributed by atoms with Crippen LogP contribution in [0.25, 0.3) is 0 Å². The second-order valence-corrected chi connectivity index (χ2v) is 4.58. The SMILES string of the molecule is OCCCn1cc(CN[C@@H](CO)c2ccccc2)nn1. The van der Waals surface area contributed by atoms with Gasteiger partial charge in [0.05, 0.1) is 18.3 Å². The van der Waals surface area contributed by atoms with Gasteiger partial charge in [-0.1, -0.05) is 35.5 Å². The number of aliphatic hydroxyl groups excluding tert-OH is 2. The van der Waals surface area contributed by atoms with Crippen molar-refractivity contribution >= 4 is 0 Å². The molecule has 0 bridgehead atoms. The molecule has 0 spiro atoms. The predicted octanol–water partition coefficient (Wildman–Crippen LogP) is 0.484. The second kappa shape index (κ2) is 7.74. The van der Waals surface area contributed by atoms with Gasteiger partial charge >= 0.3 is 0 Å². The van der Waals surface area contributed by atoms with Crippen LogP contribution in [0.3, 0.4) is 0 Å². The lowest BCUT2D eigenvalue weighted by molar-refractivity contribution is 0.243. The molecule has 3 N–H and O–H groups in total. The van der Waals surface area contributed by atoms with E-state index in [2.05, 4.69) is 15.6 Å². The number of hydrogen-bond acceptors (Lipinski definition) is 5. The monoisotopic (exact) mass is 276 g/mol. The van der Waals surface area contributed by atoms with E-state index in [1.165, 1.54) is 0 Å². The van der Waals surface area contributed by atoms with Crippen LogP contribution < -0.4 is 5.32 Å². The highest BCUT2D eigenvalue weighted by atomic mass is 16.3. The molecule has 2 aromatic rings. The Bertz CT molecular complexity index is 501. The molecule has 1 heterocycles. The van der Waals surface area contributed by atoms with Crippen LogP contribution in [0.4, 0.5) is 0 Å². The average Bonchev–Trinajstić information content (AvgIpc) is 2.95. The molecule has 1 aromatic heterocycles. The van der Waals surface area contributed by atoms with Crippen molar-refractivity contribution in [2.45, 2.75) is 25.6 Å². The van der Waals surface area contributed by atoms with Crippen molar-refractivity contribution in [1.29, 1.82) is 0 Å². The Labute approximate surface area is 118 Å². The van der Waals surface area contributed by atoms with Crippen molar-refractivity contribution in [3.8, 4) is 0 Å². The largest absolute Gasteiger partial charge is 0.396 e. The molecule has 0 aliphatic rings. The highest BCUT2D eigenvalue weighted by molar-refractivity contribution is 5.19. The molecule has 6 nitrogen and oxygen atoms in total. The number of nitrogens with one attached hydrogen (secondary N) is 1. The fraction of sp³-hybridized carbons (Fsp3) is 0.429. The Morgan fingerprint density at radius 2 is 2.00 bits per heavy atom. The Morgan fingerprint density at radius 3 is 2.70 bits per heavy atom. The molecule has 0 fully saturated rings. The van der Waals surface area contributed by atoms with Gasteiger partial charge in [-0.2, -0.15) is 0 Å². The maximum atomic E-state index is 9.45. The summed E-state index contributed by atoms with van der Waals surface area (Å²) in [5, 5.41) is 29.5. The van der Waals surface area contributed by atoms with E-state index in [-0.39, 0.29) is 19.3 Å². The summed E-state index contributed by atoms with van der Waals surface area (Å²) in [6, 6.07) is 9.69. The van der Waals surface area contributed by atoms with Gasteiger partial charge in [0, 0.05) is 25.9 Å². The van der Waals surface area contributed by atoms with Crippen molar-refractivity contribution in [1.82, 2.24) is 20.3 Å². The molecule has 0 aliphatic heterocycles. The Morgan fingerprint density at radius 1 is 1.20 bits per heavy atom. The molecule has 6 heteroatoms. The number of aliphatic hydroxyl groups is 2. The molecule has 0 saturated heterocycles. The van der Waals surface area contributed by atoms with Crippen LogP contribution in [0.5, 0.6) is 0 Å². The van der Waals surface area contributed by atoms with Crippen molar-refractivity contribution in [2.24, 2.45) is 0 Å². The van der Waals surface area contributed by atoms with E-state index in [4.69, 9.17) is 5.11 Å². The van der Waals surface area contributed by atoms with Crippen molar-refractivity contribution in [3.05, 3.63) is 47.8 Å². The minimum atomic E-state index is -0.112. The number of aryl methyl sites for hydroxylation is 1. The second-order valence-electron chi connectivity index (χ2n) is 4.58. The minimum Gasteiger partial charge on any atom is -0.396 e. The summed E-state index contributed by atoms with van der Waals surface area (Å²) in [5.41, 5.74) is 1.86. The third-order valence-electron chi connectivity index (χ3n) is 3.05. The van der Waals surface area contributed by atoms with E-state index in [1.807, 2.05) is 36.5 Å². The Kier molecular flexibility index (Phi) is 5.67. The summed E-state index contributed by atoms with van der Waals surface area (Å²) in [5.74, 6) is 0. The number of nitrogens with zero attached hydrogens (tertiary/aromatic N) is 3. The zero-order valence-corrected chi connectivity index (χ0v) is 11.3. The summed E-state index contributed by atoms with van der Waals surface area (Å²) >= 11 is 0. The van der Waals surface area contributed by atoms with E-state index < -0.39 is 0 Å². The number of rotatable bonds is 8. The highest BCUT2D eigenvalue weighted by Crippen LogP contribution is 2.12. The lowest BCUT2D eigenvalue weighted by Gasteiger charge is -2.15. The van der Waals surface area contributed by atoms with Gasteiger partial charge in [0.25, 0.3) is 0 Å². The van der Waals surface area contributed by atoms with Crippen LogP contribution in [0.1, 0.15) is 23.7 Å². The van der Waals surface area contributed by atoms with Crippen molar-refractivity contribution in [3.63, 3.8) is 0 Å². The van der Waals surface area contributed by atoms with Crippen LogP contribution in [-0.4, -0.2) is 38.4 Å². The van der Waals surface area contributed by atoms with Gasteiger partial charge in [-0.3, -0.25) is 4.68 Å². The molecule has 1 atom stereocenters. The van der Waals surface area contributed by atoms with Crippen LogP contribution in [0, 0.1) is 0 Å². The van der Waals surface area contributed by atoms with Gasteiger partial charge in [-0.25, -0.2) is 0 Å². The van der Waals surface area contributed by atoms with E-state index >= 15 is 0 Å². The summed E-state index contributed by atoms with van der Waals surface area (Å²) in [7, 11) is 0. The normalized spacial score (nSPS) is 12.5. The first kappa shape index (κ1) is 14.6. The highest BCUT2D eigenvalue weighted by Gasteiger charge is 2.10. The number of benzene rings is 1. The summed E-state index contributed by atoms with van der Waals surface area (Å²) in [6.45, 7) is 1.38. The average molecular weight is 276 g/mol. The molecular weight excluding hydrogens is 256 g/mol. The quantitative estimate of drug-likeness (QED) is 0.653. The van der Waals surface area contributed by atoms with Crippen LogP contribution in [0.2, 0.25) is 0 Å². The lowest BCUT2D eigenvalue weighted by Crippen LogP contribution is -2.24. The van der Waals surface area contributed by atoms with E-state index in [1.54, 1.807) is 4.68 Å². The van der Waals surface area contributed by atoms with Crippen molar-refractivity contribution in [2.75, 3.05) is 13.2 Å². The number of hydrogen-bond donors (Lipinski definition) is 3. The van der Waals surface area contributed by atoms with Gasteiger partial charge in [0.2, 0.25) is 0 Å². The standard InChI is InChI=1S/C14H20N4O2/c19-8-4-7-18-10-13(16-17-18)9-15-14(11-20)12-5-2-1-3-6-12/h1-3,5-6,10,14-15,19-20H,4,7-9,11H2/t14-/m0/s1. The molecule has 0 saturated carbocycles. The fourth-order valence-electron chi connectivity index (χ4n) is 1.96. The third-order valence-corrected chi connectivity index (χ3v) is 3.05. The first-order chi connectivity index (χ1) is 9.83. The molecule has 1 aromatic carbocycles. The molecule has 2 rings (SSSR count). The molecule has 108 valence electrons. The minimum absolute atomic E-state index is 0.0304. The first-order valence-electron chi connectivity index (χ1n) is 6.72. The van der Waals surface area contributed by atoms with Gasteiger partial charge < -0.3 is 15.5 Å². The molecule has 20 heavy (non-hydrogen) atoms. The maximum Gasteiger partial charge on any atom is 0.0965 e. The zero-order chi connectivity index (χ0) is 14.2. The summed E-state index contributed by atoms with van der Waals surface area (Å²) in [6.07, 6.45) is 2.52. The summed E-state index contributed by atoms with van der Waals surface area (Å²) in [4.78, 5) is 0. The van der Waals surface area contributed by atoms with Crippen LogP contribution in [-0.2, 0) is 13.1 Å². The molecular formula is C14H20N4O2. The smallest absolute Gasteiger partial charge is 0.0965 e. The van der Waals surface area contributed by atoms with E-state index in [9.17, 15) is 5.11 Å². The van der Waals surface area contributed by atoms with Gasteiger partial charge in [0.1, 0.15) is 0 Å². The van der Waals surface area contributed by atoms with Crippen LogP contribution in [0.15, 0.2) is 36.5 Å². The van der Waals surface area contributed by atoms with Crippen molar-refractivity contribution < 1.29 is 10.2 Å². The van der Waals surface area contributed by atoms with E-state index in [0.29, 0.717) is 19.5 Å². The lowest BCUT2D eigenvalue weighted by atomic mass is 10.1. The van der Waals surface area contributed by atoms with Crippen LogP contribution >= 0.6 is 0 Å². The first-order valence-corrected chi connectivity index (χ1v) is 6.72. The van der Waals surface area contributed by atoms with Gasteiger partial charge in [0.15, 0.2) is 0 Å². The Hall–Kier alpha value is -1.76. The molecule has 0 aliphatic carbocycles. The molecule has 0 unspecified atom stereocenters. The maximum absolute atomic E-state index is 9.45.